The Bertz CT molecular complexity index is 326. The average Bonchev–Trinajstić information content (AvgIpc) is 2.15. The minimum Gasteiger partial charge on any atom is -0.313 e. The van der Waals surface area contributed by atoms with Gasteiger partial charge in [0.2, 0.25) is 0 Å². The molecule has 0 aliphatic heterocycles. The maximum atomic E-state index is 13.5. The Hall–Kier alpha value is -0.120. The Morgan fingerprint density at radius 2 is 2.21 bits per heavy atom. The molecule has 78 valence electrons. The summed E-state index contributed by atoms with van der Waals surface area (Å²) in [5.74, 6) is -0.234. The molecule has 0 spiro atoms. The van der Waals surface area contributed by atoms with Crippen molar-refractivity contribution in [3.05, 3.63) is 33.0 Å². The van der Waals surface area contributed by atoms with Crippen molar-refractivity contribution in [2.45, 2.75) is 19.4 Å². The fourth-order valence-electron chi connectivity index (χ4n) is 1.38. The number of hydrogen-bond donors (Lipinski definition) is 1. The van der Waals surface area contributed by atoms with Gasteiger partial charge < -0.3 is 5.32 Å². The van der Waals surface area contributed by atoms with Gasteiger partial charge in [-0.3, -0.25) is 0 Å². The van der Waals surface area contributed by atoms with Crippen molar-refractivity contribution in [1.82, 2.24) is 5.32 Å². The SMILES string of the molecule is CCC(NC)c1cc(Cl)c(Br)cc1F. The number of rotatable bonds is 3. The first kappa shape index (κ1) is 12.0. The highest BCUT2D eigenvalue weighted by Crippen LogP contribution is 2.29. The van der Waals surface area contributed by atoms with Gasteiger partial charge in [0.1, 0.15) is 5.82 Å². The normalized spacial score (nSPS) is 12.9. The first-order valence-electron chi connectivity index (χ1n) is 4.41. The molecule has 0 aromatic heterocycles. The number of benzene rings is 1. The van der Waals surface area contributed by atoms with Crippen molar-refractivity contribution < 1.29 is 4.39 Å². The van der Waals surface area contributed by atoms with Gasteiger partial charge in [-0.25, -0.2) is 4.39 Å². The quantitative estimate of drug-likeness (QED) is 0.828. The van der Waals surface area contributed by atoms with E-state index in [-0.39, 0.29) is 11.9 Å². The van der Waals surface area contributed by atoms with Crippen LogP contribution >= 0.6 is 27.5 Å². The second-order valence-corrected chi connectivity index (χ2v) is 4.30. The molecule has 0 saturated heterocycles. The second-order valence-electron chi connectivity index (χ2n) is 3.04. The van der Waals surface area contributed by atoms with E-state index in [1.165, 1.54) is 6.07 Å². The predicted molar refractivity (Wildman–Crippen MR) is 61.2 cm³/mol. The molecule has 1 unspecified atom stereocenters. The molecule has 1 aromatic carbocycles. The molecular formula is C10H12BrClFN. The van der Waals surface area contributed by atoms with Gasteiger partial charge >= 0.3 is 0 Å². The highest BCUT2D eigenvalue weighted by atomic mass is 79.9. The first-order chi connectivity index (χ1) is 6.60. The summed E-state index contributed by atoms with van der Waals surface area (Å²) >= 11 is 9.08. The van der Waals surface area contributed by atoms with Crippen LogP contribution in [0, 0.1) is 5.82 Å². The summed E-state index contributed by atoms with van der Waals surface area (Å²) in [7, 11) is 1.81. The Balaban J connectivity index is 3.14. The molecule has 1 atom stereocenters. The van der Waals surface area contributed by atoms with Crippen molar-refractivity contribution in [2.24, 2.45) is 0 Å². The third-order valence-corrected chi connectivity index (χ3v) is 3.37. The van der Waals surface area contributed by atoms with Crippen molar-refractivity contribution in [3.63, 3.8) is 0 Å². The monoisotopic (exact) mass is 279 g/mol. The number of hydrogen-bond acceptors (Lipinski definition) is 1. The Labute approximate surface area is 96.8 Å². The summed E-state index contributed by atoms with van der Waals surface area (Å²) in [5.41, 5.74) is 0.614. The van der Waals surface area contributed by atoms with Gasteiger partial charge in [0.25, 0.3) is 0 Å². The van der Waals surface area contributed by atoms with Crippen LogP contribution in [0.25, 0.3) is 0 Å². The molecule has 0 aliphatic rings. The molecule has 4 heteroatoms. The molecule has 0 aliphatic carbocycles. The molecular weight excluding hydrogens is 268 g/mol. The van der Waals surface area contributed by atoms with Crippen LogP contribution in [-0.4, -0.2) is 7.05 Å². The van der Waals surface area contributed by atoms with Crippen LogP contribution in [-0.2, 0) is 0 Å². The zero-order chi connectivity index (χ0) is 10.7. The average molecular weight is 281 g/mol. The third kappa shape index (κ3) is 2.47. The molecule has 0 bridgehead atoms. The maximum absolute atomic E-state index is 13.5. The first-order valence-corrected chi connectivity index (χ1v) is 5.59. The van der Waals surface area contributed by atoms with Gasteiger partial charge in [-0.05, 0) is 41.5 Å². The Morgan fingerprint density at radius 1 is 1.57 bits per heavy atom. The molecule has 1 N–H and O–H groups in total. The summed E-state index contributed by atoms with van der Waals surface area (Å²) < 4.78 is 14.1. The number of halogens is 3. The van der Waals surface area contributed by atoms with Crippen LogP contribution in [0.4, 0.5) is 4.39 Å². The topological polar surface area (TPSA) is 12.0 Å². The van der Waals surface area contributed by atoms with Gasteiger partial charge in [0, 0.05) is 16.1 Å². The van der Waals surface area contributed by atoms with E-state index in [9.17, 15) is 4.39 Å². The Morgan fingerprint density at radius 3 is 2.71 bits per heavy atom. The molecule has 0 fully saturated rings. The smallest absolute Gasteiger partial charge is 0.129 e. The second kappa shape index (κ2) is 5.10. The van der Waals surface area contributed by atoms with Crippen LogP contribution in [0.15, 0.2) is 16.6 Å². The van der Waals surface area contributed by atoms with Crippen molar-refractivity contribution in [1.29, 1.82) is 0 Å². The van der Waals surface area contributed by atoms with Gasteiger partial charge in [-0.1, -0.05) is 18.5 Å². The lowest BCUT2D eigenvalue weighted by Gasteiger charge is -2.15. The van der Waals surface area contributed by atoms with E-state index in [0.717, 1.165) is 6.42 Å². The summed E-state index contributed by atoms with van der Waals surface area (Å²) in [4.78, 5) is 0. The molecule has 0 heterocycles. The molecule has 1 rings (SSSR count). The summed E-state index contributed by atoms with van der Waals surface area (Å²) in [5, 5.41) is 3.58. The lowest BCUT2D eigenvalue weighted by molar-refractivity contribution is 0.525. The van der Waals surface area contributed by atoms with E-state index < -0.39 is 0 Å². The molecule has 0 saturated carbocycles. The van der Waals surface area contributed by atoms with E-state index in [2.05, 4.69) is 21.2 Å². The summed E-state index contributed by atoms with van der Waals surface area (Å²) in [6.07, 6.45) is 0.825. The molecule has 14 heavy (non-hydrogen) atoms. The van der Waals surface area contributed by atoms with Gasteiger partial charge in [-0.15, -0.1) is 0 Å². The summed E-state index contributed by atoms with van der Waals surface area (Å²) in [6.45, 7) is 2.00. The number of nitrogens with one attached hydrogen (secondary N) is 1. The van der Waals surface area contributed by atoms with Gasteiger partial charge in [0.05, 0.1) is 5.02 Å². The minimum atomic E-state index is -0.234. The van der Waals surface area contributed by atoms with Crippen LogP contribution in [0.2, 0.25) is 5.02 Å². The van der Waals surface area contributed by atoms with Crippen molar-refractivity contribution >= 4 is 27.5 Å². The lowest BCUT2D eigenvalue weighted by atomic mass is 10.0. The van der Waals surface area contributed by atoms with Crippen molar-refractivity contribution in [3.8, 4) is 0 Å². The summed E-state index contributed by atoms with van der Waals surface area (Å²) in [6, 6.07) is 3.07. The fourth-order valence-corrected chi connectivity index (χ4v) is 1.87. The standard InChI is InChI=1S/C10H12BrClFN/c1-3-10(14-2)6-4-8(12)7(11)5-9(6)13/h4-5,10,14H,3H2,1-2H3. The van der Waals surface area contributed by atoms with Crippen LogP contribution in [0.3, 0.4) is 0 Å². The molecule has 1 aromatic rings. The predicted octanol–water partition coefficient (Wildman–Crippen LogP) is 3.91. The minimum absolute atomic E-state index is 0.0144. The largest absolute Gasteiger partial charge is 0.313 e. The van der Waals surface area contributed by atoms with E-state index in [4.69, 9.17) is 11.6 Å². The van der Waals surface area contributed by atoms with Gasteiger partial charge in [-0.2, -0.15) is 0 Å². The van der Waals surface area contributed by atoms with E-state index in [1.54, 1.807) is 6.07 Å². The fraction of sp³-hybridized carbons (Fsp3) is 0.400. The third-order valence-electron chi connectivity index (χ3n) is 2.17. The van der Waals surface area contributed by atoms with E-state index in [1.807, 2.05) is 14.0 Å². The lowest BCUT2D eigenvalue weighted by Crippen LogP contribution is -2.16. The van der Waals surface area contributed by atoms with E-state index >= 15 is 0 Å². The Kier molecular flexibility index (Phi) is 4.35. The van der Waals surface area contributed by atoms with E-state index in [0.29, 0.717) is 15.1 Å². The van der Waals surface area contributed by atoms with Crippen LogP contribution in [0.1, 0.15) is 24.9 Å². The maximum Gasteiger partial charge on any atom is 0.129 e. The van der Waals surface area contributed by atoms with Gasteiger partial charge in [0.15, 0.2) is 0 Å². The van der Waals surface area contributed by atoms with Crippen LogP contribution < -0.4 is 5.32 Å². The highest BCUT2D eigenvalue weighted by molar-refractivity contribution is 9.10. The highest BCUT2D eigenvalue weighted by Gasteiger charge is 2.14. The zero-order valence-electron chi connectivity index (χ0n) is 8.07. The van der Waals surface area contributed by atoms with Crippen LogP contribution in [0.5, 0.6) is 0 Å². The molecule has 0 radical (unpaired) electrons. The molecule has 0 amide bonds. The molecule has 1 nitrogen and oxygen atoms in total. The van der Waals surface area contributed by atoms with Crippen molar-refractivity contribution in [2.75, 3.05) is 7.05 Å². The zero-order valence-corrected chi connectivity index (χ0v) is 10.4.